The molecule has 3 rings (SSSR count). The van der Waals surface area contributed by atoms with Gasteiger partial charge in [0.2, 0.25) is 0 Å². The van der Waals surface area contributed by atoms with Gasteiger partial charge in [-0.25, -0.2) is 4.98 Å². The van der Waals surface area contributed by atoms with Gasteiger partial charge in [0.05, 0.1) is 5.69 Å². The van der Waals surface area contributed by atoms with Crippen LogP contribution in [0.25, 0.3) is 5.65 Å². The largest absolute Gasteiger partial charge is 0.366 e. The van der Waals surface area contributed by atoms with Crippen LogP contribution in [0.1, 0.15) is 38.6 Å². The molecule has 5 nitrogen and oxygen atoms in total. The first-order valence-corrected chi connectivity index (χ1v) is 7.29. The third-order valence-electron chi connectivity index (χ3n) is 3.74. The number of nitrogens with one attached hydrogen (secondary N) is 2. The fourth-order valence-electron chi connectivity index (χ4n) is 2.56. The average Bonchev–Trinajstić information content (AvgIpc) is 2.95. The number of fused-ring (bicyclic) bond motifs is 1. The van der Waals surface area contributed by atoms with E-state index in [2.05, 4.69) is 48.5 Å². The second-order valence-corrected chi connectivity index (χ2v) is 6.67. The van der Waals surface area contributed by atoms with Crippen molar-refractivity contribution in [1.29, 1.82) is 0 Å². The molecule has 2 N–H and O–H groups in total. The third kappa shape index (κ3) is 2.50. The van der Waals surface area contributed by atoms with Crippen LogP contribution in [-0.4, -0.2) is 33.7 Å². The first-order chi connectivity index (χ1) is 9.43. The summed E-state index contributed by atoms with van der Waals surface area (Å²) in [6, 6.07) is 4.64. The molecule has 5 heteroatoms. The zero-order chi connectivity index (χ0) is 14.3. The highest BCUT2D eigenvalue weighted by Gasteiger charge is 2.21. The second kappa shape index (κ2) is 4.74. The molecule has 0 spiro atoms. The molecule has 0 amide bonds. The van der Waals surface area contributed by atoms with Gasteiger partial charge in [-0.15, -0.1) is 0 Å². The highest BCUT2D eigenvalue weighted by Crippen LogP contribution is 2.24. The molecule has 0 aromatic carbocycles. The maximum Gasteiger partial charge on any atom is 0.157 e. The maximum absolute atomic E-state index is 4.74. The molecule has 1 aliphatic heterocycles. The van der Waals surface area contributed by atoms with E-state index in [1.54, 1.807) is 0 Å². The fourth-order valence-corrected chi connectivity index (χ4v) is 2.56. The van der Waals surface area contributed by atoms with Gasteiger partial charge in [-0.1, -0.05) is 20.8 Å². The van der Waals surface area contributed by atoms with E-state index in [0.717, 1.165) is 42.4 Å². The smallest absolute Gasteiger partial charge is 0.157 e. The molecule has 1 saturated heterocycles. The van der Waals surface area contributed by atoms with E-state index in [4.69, 9.17) is 5.10 Å². The summed E-state index contributed by atoms with van der Waals surface area (Å²) in [4.78, 5) is 4.59. The Labute approximate surface area is 119 Å². The molecular weight excluding hydrogens is 250 g/mol. The minimum absolute atomic E-state index is 0.0355. The number of anilines is 1. The summed E-state index contributed by atoms with van der Waals surface area (Å²) in [5.74, 6) is 1.04. The Balaban J connectivity index is 2.03. The lowest BCUT2D eigenvalue weighted by Crippen LogP contribution is -2.24. The van der Waals surface area contributed by atoms with E-state index in [0.29, 0.717) is 6.04 Å². The Kier molecular flexibility index (Phi) is 3.17. The molecule has 20 heavy (non-hydrogen) atoms. The summed E-state index contributed by atoms with van der Waals surface area (Å²) in [6.45, 7) is 10.6. The Morgan fingerprint density at radius 1 is 1.35 bits per heavy atom. The van der Waals surface area contributed by atoms with E-state index in [1.807, 2.05) is 11.4 Å². The van der Waals surface area contributed by atoms with Crippen LogP contribution in [0.4, 0.5) is 5.82 Å². The van der Waals surface area contributed by atoms with E-state index in [1.165, 1.54) is 0 Å². The van der Waals surface area contributed by atoms with Gasteiger partial charge in [0, 0.05) is 35.8 Å². The summed E-state index contributed by atoms with van der Waals surface area (Å²) in [6.07, 6.45) is 1.15. The summed E-state index contributed by atoms with van der Waals surface area (Å²) in [7, 11) is 0. The third-order valence-corrected chi connectivity index (χ3v) is 3.74. The van der Waals surface area contributed by atoms with Gasteiger partial charge in [-0.3, -0.25) is 0 Å². The van der Waals surface area contributed by atoms with Crippen molar-refractivity contribution >= 4 is 11.5 Å². The molecule has 0 saturated carbocycles. The van der Waals surface area contributed by atoms with Crippen molar-refractivity contribution < 1.29 is 0 Å². The lowest BCUT2D eigenvalue weighted by atomic mass is 9.93. The van der Waals surface area contributed by atoms with E-state index < -0.39 is 0 Å². The van der Waals surface area contributed by atoms with Gasteiger partial charge in [0.1, 0.15) is 5.82 Å². The van der Waals surface area contributed by atoms with Crippen LogP contribution in [0.2, 0.25) is 0 Å². The normalized spacial score (nSPS) is 19.7. The monoisotopic (exact) mass is 273 g/mol. The molecule has 1 atom stereocenters. The van der Waals surface area contributed by atoms with Crippen molar-refractivity contribution in [3.63, 3.8) is 0 Å². The molecule has 0 radical (unpaired) electrons. The summed E-state index contributed by atoms with van der Waals surface area (Å²) < 4.78 is 1.94. The van der Waals surface area contributed by atoms with Gasteiger partial charge < -0.3 is 10.6 Å². The minimum Gasteiger partial charge on any atom is -0.366 e. The fraction of sp³-hybridized carbons (Fsp3) is 0.600. The van der Waals surface area contributed by atoms with E-state index in [9.17, 15) is 0 Å². The standard InChI is InChI=1S/C15H23N5/c1-10-7-13(18-11-5-6-16-9-11)20-14(17-10)8-12(19-20)15(2,3)4/h7-8,11,16,18H,5-6,9H2,1-4H3. The average molecular weight is 273 g/mol. The molecule has 2 aromatic rings. The predicted molar refractivity (Wildman–Crippen MR) is 81.3 cm³/mol. The van der Waals surface area contributed by atoms with Crippen LogP contribution in [0, 0.1) is 6.92 Å². The van der Waals surface area contributed by atoms with Crippen molar-refractivity contribution in [2.75, 3.05) is 18.4 Å². The van der Waals surface area contributed by atoms with Crippen LogP contribution in [0.5, 0.6) is 0 Å². The lowest BCUT2D eigenvalue weighted by molar-refractivity contribution is 0.562. The van der Waals surface area contributed by atoms with Crippen molar-refractivity contribution in [1.82, 2.24) is 19.9 Å². The maximum atomic E-state index is 4.74. The zero-order valence-corrected chi connectivity index (χ0v) is 12.7. The number of aromatic nitrogens is 3. The highest BCUT2D eigenvalue weighted by molar-refractivity contribution is 5.51. The Hall–Kier alpha value is -1.62. The number of rotatable bonds is 2. The van der Waals surface area contributed by atoms with Gasteiger partial charge in [0.25, 0.3) is 0 Å². The van der Waals surface area contributed by atoms with Gasteiger partial charge >= 0.3 is 0 Å². The van der Waals surface area contributed by atoms with Crippen LogP contribution in [0.3, 0.4) is 0 Å². The Morgan fingerprint density at radius 3 is 2.80 bits per heavy atom. The second-order valence-electron chi connectivity index (χ2n) is 6.67. The number of hydrogen-bond donors (Lipinski definition) is 2. The van der Waals surface area contributed by atoms with E-state index >= 15 is 0 Å². The van der Waals surface area contributed by atoms with Gasteiger partial charge in [-0.2, -0.15) is 9.61 Å². The minimum atomic E-state index is 0.0355. The first-order valence-electron chi connectivity index (χ1n) is 7.29. The molecule has 3 heterocycles. The van der Waals surface area contributed by atoms with Crippen LogP contribution >= 0.6 is 0 Å². The number of nitrogens with zero attached hydrogens (tertiary/aromatic N) is 3. The van der Waals surface area contributed by atoms with Gasteiger partial charge in [0.15, 0.2) is 5.65 Å². The number of hydrogen-bond acceptors (Lipinski definition) is 4. The zero-order valence-electron chi connectivity index (χ0n) is 12.7. The van der Waals surface area contributed by atoms with Crippen LogP contribution < -0.4 is 10.6 Å². The molecule has 0 aliphatic carbocycles. The Morgan fingerprint density at radius 2 is 2.15 bits per heavy atom. The summed E-state index contributed by atoms with van der Waals surface area (Å²) >= 11 is 0. The highest BCUT2D eigenvalue weighted by atomic mass is 15.3. The molecule has 2 aromatic heterocycles. The van der Waals surface area contributed by atoms with Crippen molar-refractivity contribution in [2.45, 2.75) is 45.6 Å². The van der Waals surface area contributed by atoms with E-state index in [-0.39, 0.29) is 5.41 Å². The molecule has 1 fully saturated rings. The quantitative estimate of drug-likeness (QED) is 0.880. The SMILES string of the molecule is Cc1cc(NC2CCNC2)n2nc(C(C)(C)C)cc2n1. The van der Waals surface area contributed by atoms with Gasteiger partial charge in [-0.05, 0) is 19.9 Å². The van der Waals surface area contributed by atoms with Crippen LogP contribution in [0.15, 0.2) is 12.1 Å². The summed E-state index contributed by atoms with van der Waals surface area (Å²) in [5, 5.41) is 11.7. The first kappa shape index (κ1) is 13.4. The van der Waals surface area contributed by atoms with Crippen LogP contribution in [-0.2, 0) is 5.41 Å². The molecule has 108 valence electrons. The van der Waals surface area contributed by atoms with Crippen molar-refractivity contribution in [3.8, 4) is 0 Å². The number of aryl methyl sites for hydroxylation is 1. The molecular formula is C15H23N5. The summed E-state index contributed by atoms with van der Waals surface area (Å²) in [5.41, 5.74) is 3.05. The van der Waals surface area contributed by atoms with Crippen molar-refractivity contribution in [2.24, 2.45) is 0 Å². The molecule has 1 unspecified atom stereocenters. The predicted octanol–water partition coefficient (Wildman–Crippen LogP) is 2.11. The molecule has 1 aliphatic rings. The van der Waals surface area contributed by atoms with Crippen molar-refractivity contribution in [3.05, 3.63) is 23.5 Å². The molecule has 0 bridgehead atoms. The Bertz CT molecular complexity index is 617. The lowest BCUT2D eigenvalue weighted by Gasteiger charge is -2.15. The topological polar surface area (TPSA) is 54.2 Å².